The highest BCUT2D eigenvalue weighted by molar-refractivity contribution is 5.94. The van der Waals surface area contributed by atoms with Crippen molar-refractivity contribution in [3.05, 3.63) is 83.6 Å². The van der Waals surface area contributed by atoms with Crippen LogP contribution in [0.25, 0.3) is 0 Å². The van der Waals surface area contributed by atoms with Crippen molar-refractivity contribution in [3.8, 4) is 0 Å². The number of benzene rings is 2. The van der Waals surface area contributed by atoms with Gasteiger partial charge in [0.2, 0.25) is 11.8 Å². The molecule has 1 unspecified atom stereocenters. The molecule has 0 saturated carbocycles. The van der Waals surface area contributed by atoms with E-state index in [1.54, 1.807) is 17.1 Å². The van der Waals surface area contributed by atoms with E-state index in [0.29, 0.717) is 37.7 Å². The van der Waals surface area contributed by atoms with Gasteiger partial charge < -0.3 is 30.7 Å². The maximum absolute atomic E-state index is 13.7. The van der Waals surface area contributed by atoms with Crippen LogP contribution in [0.15, 0.2) is 66.7 Å². The van der Waals surface area contributed by atoms with Crippen LogP contribution in [0.2, 0.25) is 0 Å². The number of likely N-dealkylation sites (tertiary alicyclic amines) is 1. The van der Waals surface area contributed by atoms with Crippen LogP contribution in [0, 0.1) is 5.92 Å². The van der Waals surface area contributed by atoms with E-state index in [9.17, 15) is 14.4 Å². The fraction of sp³-hybridized carbons (Fsp3) is 0.412. The largest absolute Gasteiger partial charge is 0.338 e. The van der Waals surface area contributed by atoms with Crippen LogP contribution < -0.4 is 16.0 Å². The number of allylic oxidation sites excluding steroid dienone is 1. The van der Waals surface area contributed by atoms with Crippen molar-refractivity contribution < 1.29 is 14.4 Å². The topological polar surface area (TPSA) is 126 Å². The number of hydrogen-bond donors (Lipinski definition) is 4. The van der Waals surface area contributed by atoms with E-state index in [-0.39, 0.29) is 29.8 Å². The molecule has 11 heteroatoms. The minimum absolute atomic E-state index is 0.0588. The van der Waals surface area contributed by atoms with Crippen LogP contribution >= 0.6 is 0 Å². The fourth-order valence-electron chi connectivity index (χ4n) is 6.15. The summed E-state index contributed by atoms with van der Waals surface area (Å²) in [7, 11) is 3.99. The molecule has 238 valence electrons. The minimum Gasteiger partial charge on any atom is -0.338 e. The zero-order valence-corrected chi connectivity index (χ0v) is 26.8. The molecule has 11 nitrogen and oxygen atoms in total. The van der Waals surface area contributed by atoms with Gasteiger partial charge in [-0.15, -0.1) is 0 Å². The van der Waals surface area contributed by atoms with Gasteiger partial charge in [0.25, 0.3) is 0 Å². The van der Waals surface area contributed by atoms with Crippen LogP contribution in [0.5, 0.6) is 0 Å². The first-order chi connectivity index (χ1) is 21.6. The average Bonchev–Trinajstić information content (AvgIpc) is 3.54. The quantitative estimate of drug-likeness (QED) is 0.253. The van der Waals surface area contributed by atoms with Crippen molar-refractivity contribution in [2.24, 2.45) is 5.92 Å². The van der Waals surface area contributed by atoms with Gasteiger partial charge in [0.15, 0.2) is 5.82 Å². The summed E-state index contributed by atoms with van der Waals surface area (Å²) in [6.07, 6.45) is 4.80. The first-order valence-corrected chi connectivity index (χ1v) is 15.5. The lowest BCUT2D eigenvalue weighted by atomic mass is 9.97. The molecule has 5 rings (SSSR count). The van der Waals surface area contributed by atoms with Crippen molar-refractivity contribution in [3.63, 3.8) is 0 Å². The van der Waals surface area contributed by atoms with Crippen LogP contribution in [0.3, 0.4) is 0 Å². The maximum Gasteiger partial charge on any atom is 0.319 e. The third-order valence-electron chi connectivity index (χ3n) is 8.57. The molecule has 1 fully saturated rings. The molecule has 4 N–H and O–H groups in total. The van der Waals surface area contributed by atoms with Crippen molar-refractivity contribution in [1.29, 1.82) is 0 Å². The molecule has 0 bridgehead atoms. The summed E-state index contributed by atoms with van der Waals surface area (Å²) in [6.45, 7) is 7.97. The Morgan fingerprint density at radius 1 is 1.11 bits per heavy atom. The lowest BCUT2D eigenvalue weighted by Gasteiger charge is -2.34. The highest BCUT2D eigenvalue weighted by Crippen LogP contribution is 2.41. The first-order valence-electron chi connectivity index (χ1n) is 15.5. The number of carbonyl (C=O) groups excluding carboxylic acids is 3. The van der Waals surface area contributed by atoms with E-state index in [4.69, 9.17) is 0 Å². The monoisotopic (exact) mass is 612 g/mol. The standard InChI is InChI=1S/C34H44N8O3/c1-6-12-29(43)41-18-11-15-24(20-41)32(44)36-26-17-10-16-25(19-26)35-31-27-21-42(34(2,3)30(27)38-39-31)33(45)37-28(22-40(4)5)23-13-8-7-9-14-23/h6-10,12-14,16-17,19,24,28H,11,15,18,20-22H2,1-5H3,(H,36,44)(H,37,45)(H2,35,38,39)/b12-6+/t24?,28-/m1/s1. The van der Waals surface area contributed by atoms with Crippen molar-refractivity contribution in [1.82, 2.24) is 30.2 Å². The number of nitrogens with one attached hydrogen (secondary N) is 4. The number of rotatable bonds is 9. The molecule has 0 spiro atoms. The Morgan fingerprint density at radius 3 is 2.60 bits per heavy atom. The number of hydrogen-bond acceptors (Lipinski definition) is 6. The zero-order chi connectivity index (χ0) is 32.1. The number of piperidine rings is 1. The minimum atomic E-state index is -0.607. The van der Waals surface area contributed by atoms with Gasteiger partial charge in [-0.25, -0.2) is 4.79 Å². The predicted molar refractivity (Wildman–Crippen MR) is 176 cm³/mol. The Morgan fingerprint density at radius 2 is 1.87 bits per heavy atom. The number of amides is 4. The Hall–Kier alpha value is -4.64. The zero-order valence-electron chi connectivity index (χ0n) is 26.8. The summed E-state index contributed by atoms with van der Waals surface area (Å²) in [4.78, 5) is 44.8. The Kier molecular flexibility index (Phi) is 9.57. The average molecular weight is 613 g/mol. The van der Waals surface area contributed by atoms with Crippen molar-refractivity contribution in [2.75, 3.05) is 44.4 Å². The molecule has 1 aromatic heterocycles. The SMILES string of the molecule is C/C=C/C(=O)N1CCCC(C(=O)Nc2cccc(Nc3n[nH]c4c3CN(C(=O)N[C@H](CN(C)C)c3ccccc3)C4(C)C)c2)C1. The number of likely N-dealkylation sites (N-methyl/N-ethyl adjacent to an activating group) is 1. The molecular weight excluding hydrogens is 568 g/mol. The van der Waals surface area contributed by atoms with Gasteiger partial charge in [-0.05, 0) is 77.5 Å². The first kappa shape index (κ1) is 31.8. The summed E-state index contributed by atoms with van der Waals surface area (Å²) in [6, 6.07) is 17.2. The fourth-order valence-corrected chi connectivity index (χ4v) is 6.15. The lowest BCUT2D eigenvalue weighted by Crippen LogP contribution is -2.48. The lowest BCUT2D eigenvalue weighted by molar-refractivity contribution is -0.130. The van der Waals surface area contributed by atoms with Crippen LogP contribution in [0.4, 0.5) is 22.0 Å². The molecule has 0 aliphatic carbocycles. The molecule has 2 aromatic carbocycles. The number of carbonyl (C=O) groups is 3. The Bertz CT molecular complexity index is 1550. The smallest absolute Gasteiger partial charge is 0.319 e. The number of aromatic amines is 1. The van der Waals surface area contributed by atoms with Crippen LogP contribution in [-0.2, 0) is 21.7 Å². The van der Waals surface area contributed by atoms with Crippen LogP contribution in [-0.4, -0.2) is 76.5 Å². The van der Waals surface area contributed by atoms with Crippen molar-refractivity contribution >= 4 is 35.0 Å². The summed E-state index contributed by atoms with van der Waals surface area (Å²) >= 11 is 0. The second-order valence-electron chi connectivity index (χ2n) is 12.6. The highest BCUT2D eigenvalue weighted by Gasteiger charge is 2.44. The van der Waals surface area contributed by atoms with Gasteiger partial charge in [0.05, 0.1) is 29.7 Å². The third kappa shape index (κ3) is 7.20. The van der Waals surface area contributed by atoms with E-state index in [0.717, 1.165) is 35.3 Å². The molecule has 45 heavy (non-hydrogen) atoms. The van der Waals surface area contributed by atoms with Gasteiger partial charge in [-0.2, -0.15) is 5.10 Å². The van der Waals surface area contributed by atoms with Gasteiger partial charge in [0.1, 0.15) is 0 Å². The molecule has 2 aliphatic rings. The second-order valence-corrected chi connectivity index (χ2v) is 12.6. The molecule has 3 aromatic rings. The van der Waals surface area contributed by atoms with Crippen LogP contribution in [0.1, 0.15) is 56.5 Å². The van der Waals surface area contributed by atoms with E-state index in [1.807, 2.05) is 94.4 Å². The number of fused-ring (bicyclic) bond motifs is 1. The molecular formula is C34H44N8O3. The third-order valence-corrected chi connectivity index (χ3v) is 8.57. The second kappa shape index (κ2) is 13.6. The van der Waals surface area contributed by atoms with E-state index in [2.05, 4.69) is 31.0 Å². The Balaban J connectivity index is 1.25. The van der Waals surface area contributed by atoms with Crippen molar-refractivity contribution in [2.45, 2.75) is 51.7 Å². The molecule has 4 amide bonds. The molecule has 3 heterocycles. The normalized spacial score (nSPS) is 18.1. The number of anilines is 3. The van der Waals surface area contributed by atoms with E-state index in [1.165, 1.54) is 0 Å². The molecule has 0 radical (unpaired) electrons. The number of urea groups is 1. The predicted octanol–water partition coefficient (Wildman–Crippen LogP) is 4.97. The summed E-state index contributed by atoms with van der Waals surface area (Å²) in [5.74, 6) is 0.210. The van der Waals surface area contributed by atoms with Gasteiger partial charge in [-0.1, -0.05) is 42.5 Å². The van der Waals surface area contributed by atoms with Gasteiger partial charge in [-0.3, -0.25) is 14.7 Å². The highest BCUT2D eigenvalue weighted by atomic mass is 16.2. The number of H-pyrrole nitrogens is 1. The molecule has 2 aliphatic heterocycles. The van der Waals surface area contributed by atoms with Gasteiger partial charge in [0, 0.05) is 36.6 Å². The maximum atomic E-state index is 13.7. The van der Waals surface area contributed by atoms with Gasteiger partial charge >= 0.3 is 6.03 Å². The molecule has 2 atom stereocenters. The number of nitrogens with zero attached hydrogens (tertiary/aromatic N) is 4. The summed E-state index contributed by atoms with van der Waals surface area (Å²) in [5, 5.41) is 17.4. The molecule has 1 saturated heterocycles. The number of aromatic nitrogens is 2. The Labute approximate surface area is 265 Å². The van der Waals surface area contributed by atoms with E-state index < -0.39 is 5.54 Å². The van der Waals surface area contributed by atoms with E-state index >= 15 is 0 Å². The summed E-state index contributed by atoms with van der Waals surface area (Å²) in [5.41, 5.74) is 3.65. The summed E-state index contributed by atoms with van der Waals surface area (Å²) < 4.78 is 0.